The Bertz CT molecular complexity index is 473. The summed E-state index contributed by atoms with van der Waals surface area (Å²) in [5.74, 6) is 0.862. The van der Waals surface area contributed by atoms with Crippen molar-refractivity contribution in [2.75, 3.05) is 39.3 Å². The number of thiophene rings is 1. The number of likely N-dealkylation sites (tertiary alicyclic amines) is 1. The SMILES string of the molecule is Cc1ccsc1C(CN1CCCC(C)C1)N1CCNC(C)C1. The molecule has 1 aromatic heterocycles. The van der Waals surface area contributed by atoms with Crippen LogP contribution in [0, 0.1) is 12.8 Å². The summed E-state index contributed by atoms with van der Waals surface area (Å²) >= 11 is 1.95. The third-order valence-corrected chi connectivity index (χ3v) is 6.34. The van der Waals surface area contributed by atoms with Crippen molar-refractivity contribution < 1.29 is 0 Å². The lowest BCUT2D eigenvalue weighted by molar-refractivity contribution is 0.0909. The Morgan fingerprint density at radius 2 is 2.18 bits per heavy atom. The molecule has 2 saturated heterocycles. The second-order valence-corrected chi connectivity index (χ2v) is 8.29. The summed E-state index contributed by atoms with van der Waals surface area (Å²) in [5.41, 5.74) is 1.48. The van der Waals surface area contributed by atoms with Crippen LogP contribution in [0.15, 0.2) is 11.4 Å². The van der Waals surface area contributed by atoms with E-state index in [1.807, 2.05) is 11.3 Å². The van der Waals surface area contributed by atoms with Gasteiger partial charge < -0.3 is 10.2 Å². The summed E-state index contributed by atoms with van der Waals surface area (Å²) in [7, 11) is 0. The molecule has 3 rings (SSSR count). The third-order valence-electron chi connectivity index (χ3n) is 5.22. The molecule has 4 heteroatoms. The van der Waals surface area contributed by atoms with Crippen molar-refractivity contribution in [3.05, 3.63) is 21.9 Å². The Kier molecular flexibility index (Phi) is 5.55. The van der Waals surface area contributed by atoms with Gasteiger partial charge in [-0.2, -0.15) is 0 Å². The van der Waals surface area contributed by atoms with Crippen LogP contribution in [-0.2, 0) is 0 Å². The average molecular weight is 322 g/mol. The topological polar surface area (TPSA) is 18.5 Å². The van der Waals surface area contributed by atoms with Crippen molar-refractivity contribution >= 4 is 11.3 Å². The van der Waals surface area contributed by atoms with Crippen LogP contribution in [0.2, 0.25) is 0 Å². The highest BCUT2D eigenvalue weighted by Crippen LogP contribution is 2.31. The van der Waals surface area contributed by atoms with Gasteiger partial charge in [-0.3, -0.25) is 4.90 Å². The molecule has 124 valence electrons. The number of rotatable bonds is 4. The lowest BCUT2D eigenvalue weighted by Gasteiger charge is -2.41. The van der Waals surface area contributed by atoms with E-state index in [0.717, 1.165) is 12.5 Å². The van der Waals surface area contributed by atoms with E-state index in [9.17, 15) is 0 Å². The molecule has 0 bridgehead atoms. The predicted molar refractivity (Wildman–Crippen MR) is 95.7 cm³/mol. The van der Waals surface area contributed by atoms with E-state index in [1.54, 1.807) is 4.88 Å². The first-order valence-electron chi connectivity index (χ1n) is 8.87. The van der Waals surface area contributed by atoms with Gasteiger partial charge in [0, 0.05) is 43.6 Å². The van der Waals surface area contributed by atoms with Crippen molar-refractivity contribution in [1.29, 1.82) is 0 Å². The van der Waals surface area contributed by atoms with Gasteiger partial charge in [0.1, 0.15) is 0 Å². The Labute approximate surface area is 139 Å². The van der Waals surface area contributed by atoms with Crippen molar-refractivity contribution in [1.82, 2.24) is 15.1 Å². The maximum absolute atomic E-state index is 3.59. The van der Waals surface area contributed by atoms with Crippen LogP contribution in [0.3, 0.4) is 0 Å². The van der Waals surface area contributed by atoms with Crippen LogP contribution >= 0.6 is 11.3 Å². The second-order valence-electron chi connectivity index (χ2n) is 7.34. The van der Waals surface area contributed by atoms with E-state index in [2.05, 4.69) is 47.3 Å². The molecule has 0 spiro atoms. The van der Waals surface area contributed by atoms with Crippen molar-refractivity contribution in [2.45, 2.75) is 45.7 Å². The number of aryl methyl sites for hydroxylation is 1. The molecule has 0 amide bonds. The zero-order valence-corrected chi connectivity index (χ0v) is 15.2. The van der Waals surface area contributed by atoms with Gasteiger partial charge in [-0.05, 0) is 56.2 Å². The van der Waals surface area contributed by atoms with E-state index in [4.69, 9.17) is 0 Å². The fourth-order valence-corrected chi connectivity index (χ4v) is 5.09. The molecule has 1 N–H and O–H groups in total. The normalized spacial score (nSPS) is 29.6. The minimum Gasteiger partial charge on any atom is -0.312 e. The highest BCUT2D eigenvalue weighted by atomic mass is 32.1. The van der Waals surface area contributed by atoms with Crippen LogP contribution < -0.4 is 5.32 Å². The summed E-state index contributed by atoms with van der Waals surface area (Å²) < 4.78 is 0. The van der Waals surface area contributed by atoms with Gasteiger partial charge in [-0.25, -0.2) is 0 Å². The predicted octanol–water partition coefficient (Wildman–Crippen LogP) is 3.12. The monoisotopic (exact) mass is 321 g/mol. The standard InChI is InChI=1S/C18H31N3S/c1-14-5-4-8-20(11-14)13-17(18-15(2)6-10-22-18)21-9-7-19-16(3)12-21/h6,10,14,16-17,19H,4-5,7-9,11-13H2,1-3H3. The Morgan fingerprint density at radius 1 is 1.32 bits per heavy atom. The minimum absolute atomic E-state index is 0.579. The number of piperidine rings is 1. The molecule has 22 heavy (non-hydrogen) atoms. The summed E-state index contributed by atoms with van der Waals surface area (Å²) in [6.45, 7) is 14.2. The number of nitrogens with one attached hydrogen (secondary N) is 1. The number of piperazine rings is 1. The Balaban J connectivity index is 1.75. The van der Waals surface area contributed by atoms with Crippen molar-refractivity contribution in [3.63, 3.8) is 0 Å². The number of hydrogen-bond acceptors (Lipinski definition) is 4. The molecule has 2 aliphatic rings. The molecule has 0 radical (unpaired) electrons. The first-order chi connectivity index (χ1) is 10.6. The molecule has 1 aromatic rings. The summed E-state index contributed by atoms with van der Waals surface area (Å²) in [4.78, 5) is 7.02. The van der Waals surface area contributed by atoms with E-state index < -0.39 is 0 Å². The van der Waals surface area contributed by atoms with Gasteiger partial charge in [0.05, 0.1) is 6.04 Å². The van der Waals surface area contributed by atoms with Gasteiger partial charge in [0.15, 0.2) is 0 Å². The van der Waals surface area contributed by atoms with Gasteiger partial charge in [-0.15, -0.1) is 11.3 Å². The van der Waals surface area contributed by atoms with Crippen LogP contribution in [0.4, 0.5) is 0 Å². The van der Waals surface area contributed by atoms with Gasteiger partial charge in [0.2, 0.25) is 0 Å². The molecule has 3 nitrogen and oxygen atoms in total. The maximum Gasteiger partial charge on any atom is 0.0572 e. The van der Waals surface area contributed by atoms with Gasteiger partial charge in [-0.1, -0.05) is 6.92 Å². The fraction of sp³-hybridized carbons (Fsp3) is 0.778. The molecular weight excluding hydrogens is 290 g/mol. The smallest absolute Gasteiger partial charge is 0.0572 e. The maximum atomic E-state index is 3.59. The summed E-state index contributed by atoms with van der Waals surface area (Å²) in [6.07, 6.45) is 2.78. The largest absolute Gasteiger partial charge is 0.312 e. The number of nitrogens with zero attached hydrogens (tertiary/aromatic N) is 2. The zero-order chi connectivity index (χ0) is 15.5. The quantitative estimate of drug-likeness (QED) is 0.919. The second kappa shape index (κ2) is 7.43. The molecule has 2 fully saturated rings. The fourth-order valence-electron chi connectivity index (χ4n) is 4.03. The van der Waals surface area contributed by atoms with E-state index in [1.165, 1.54) is 51.1 Å². The van der Waals surface area contributed by atoms with Crippen LogP contribution in [0.25, 0.3) is 0 Å². The van der Waals surface area contributed by atoms with Crippen molar-refractivity contribution in [2.24, 2.45) is 5.92 Å². The van der Waals surface area contributed by atoms with E-state index in [-0.39, 0.29) is 0 Å². The van der Waals surface area contributed by atoms with E-state index in [0.29, 0.717) is 12.1 Å². The third kappa shape index (κ3) is 3.91. The van der Waals surface area contributed by atoms with Crippen LogP contribution in [0.1, 0.15) is 43.2 Å². The molecular formula is C18H31N3S. The van der Waals surface area contributed by atoms with Gasteiger partial charge >= 0.3 is 0 Å². The molecule has 3 atom stereocenters. The highest BCUT2D eigenvalue weighted by molar-refractivity contribution is 7.10. The zero-order valence-electron chi connectivity index (χ0n) is 14.3. The highest BCUT2D eigenvalue weighted by Gasteiger charge is 2.29. The minimum atomic E-state index is 0.579. The van der Waals surface area contributed by atoms with Crippen LogP contribution in [-0.4, -0.2) is 55.1 Å². The number of hydrogen-bond donors (Lipinski definition) is 1. The first kappa shape index (κ1) is 16.4. The molecule has 0 aliphatic carbocycles. The lowest BCUT2D eigenvalue weighted by atomic mass is 9.99. The molecule has 3 unspecified atom stereocenters. The van der Waals surface area contributed by atoms with E-state index >= 15 is 0 Å². The first-order valence-corrected chi connectivity index (χ1v) is 9.75. The summed E-state index contributed by atoms with van der Waals surface area (Å²) in [5, 5.41) is 5.85. The molecule has 3 heterocycles. The summed E-state index contributed by atoms with van der Waals surface area (Å²) in [6, 6.07) is 3.48. The molecule has 2 aliphatic heterocycles. The Morgan fingerprint density at radius 3 is 2.86 bits per heavy atom. The van der Waals surface area contributed by atoms with Crippen molar-refractivity contribution in [3.8, 4) is 0 Å². The van der Waals surface area contributed by atoms with Gasteiger partial charge in [0.25, 0.3) is 0 Å². The average Bonchev–Trinajstić information content (AvgIpc) is 2.91. The van der Waals surface area contributed by atoms with Crippen LogP contribution in [0.5, 0.6) is 0 Å². The Hall–Kier alpha value is -0.420. The molecule has 0 aromatic carbocycles. The molecule has 0 saturated carbocycles. The lowest BCUT2D eigenvalue weighted by Crippen LogP contribution is -2.52.